The molecule has 0 bridgehead atoms. The van der Waals surface area contributed by atoms with Crippen LogP contribution < -0.4 is 16.6 Å². The molecular weight excluding hydrogens is 232 g/mol. The van der Waals surface area contributed by atoms with Crippen LogP contribution in [0.15, 0.2) is 35.5 Å². The van der Waals surface area contributed by atoms with Gasteiger partial charge in [-0.15, -0.1) is 0 Å². The van der Waals surface area contributed by atoms with Crippen LogP contribution in [0.4, 0.5) is 5.69 Å². The maximum atomic E-state index is 11.8. The molecule has 0 aliphatic rings. The number of aromatic nitrogens is 4. The average molecular weight is 246 g/mol. The number of rotatable bonds is 5. The van der Waals surface area contributed by atoms with Crippen molar-refractivity contribution in [2.45, 2.75) is 6.54 Å². The second kappa shape index (κ2) is 5.87. The van der Waals surface area contributed by atoms with Crippen molar-refractivity contribution in [3.63, 3.8) is 0 Å². The molecule has 0 radical (unpaired) electrons. The van der Waals surface area contributed by atoms with Crippen LogP contribution >= 0.6 is 0 Å². The summed E-state index contributed by atoms with van der Waals surface area (Å²) in [4.78, 5) is 19.9. The third kappa shape index (κ3) is 3.11. The van der Waals surface area contributed by atoms with Gasteiger partial charge in [0.05, 0.1) is 11.9 Å². The lowest BCUT2D eigenvalue weighted by Crippen LogP contribution is -2.24. The van der Waals surface area contributed by atoms with Gasteiger partial charge in [-0.2, -0.15) is 5.10 Å². The summed E-state index contributed by atoms with van der Waals surface area (Å²) in [5.41, 5.74) is 5.82. The van der Waals surface area contributed by atoms with Crippen molar-refractivity contribution in [2.75, 3.05) is 18.4 Å². The van der Waals surface area contributed by atoms with Gasteiger partial charge in [0.15, 0.2) is 0 Å². The fourth-order valence-electron chi connectivity index (χ4n) is 1.41. The second-order valence-corrected chi connectivity index (χ2v) is 3.62. The highest BCUT2D eigenvalue weighted by Gasteiger charge is 2.02. The van der Waals surface area contributed by atoms with Gasteiger partial charge in [0.25, 0.3) is 5.56 Å². The largest absolute Gasteiger partial charge is 0.382 e. The predicted octanol–water partition coefficient (Wildman–Crippen LogP) is -0.548. The lowest BCUT2D eigenvalue weighted by molar-refractivity contribution is 0.614. The number of nitrogens with one attached hydrogen (secondary N) is 1. The van der Waals surface area contributed by atoms with Crippen molar-refractivity contribution >= 4 is 5.69 Å². The number of hydrogen-bond acceptors (Lipinski definition) is 6. The molecule has 0 aliphatic carbocycles. The van der Waals surface area contributed by atoms with Crippen molar-refractivity contribution in [1.29, 1.82) is 0 Å². The molecule has 7 heteroatoms. The van der Waals surface area contributed by atoms with Gasteiger partial charge in [-0.1, -0.05) is 0 Å². The average Bonchev–Trinajstić information content (AvgIpc) is 2.40. The highest BCUT2D eigenvalue weighted by Crippen LogP contribution is 1.99. The lowest BCUT2D eigenvalue weighted by atomic mass is 10.4. The van der Waals surface area contributed by atoms with Gasteiger partial charge in [-0.3, -0.25) is 4.79 Å². The van der Waals surface area contributed by atoms with Crippen molar-refractivity contribution < 1.29 is 0 Å². The van der Waals surface area contributed by atoms with Crippen molar-refractivity contribution in [2.24, 2.45) is 5.73 Å². The summed E-state index contributed by atoms with van der Waals surface area (Å²) < 4.78 is 1.31. The van der Waals surface area contributed by atoms with E-state index < -0.39 is 0 Å². The van der Waals surface area contributed by atoms with Gasteiger partial charge in [0.1, 0.15) is 12.4 Å². The number of nitrogens with two attached hydrogens (primary N) is 1. The van der Waals surface area contributed by atoms with Crippen molar-refractivity contribution in [1.82, 2.24) is 19.7 Å². The van der Waals surface area contributed by atoms with Gasteiger partial charge >= 0.3 is 0 Å². The van der Waals surface area contributed by atoms with E-state index in [0.717, 1.165) is 0 Å². The maximum Gasteiger partial charge on any atom is 0.269 e. The molecule has 2 rings (SSSR count). The normalized spacial score (nSPS) is 10.3. The van der Waals surface area contributed by atoms with Gasteiger partial charge in [-0.05, 0) is 6.07 Å². The predicted molar refractivity (Wildman–Crippen MR) is 67.2 cm³/mol. The molecular formula is C11H14N6O. The summed E-state index contributed by atoms with van der Waals surface area (Å²) in [6.07, 6.45) is 4.84. The van der Waals surface area contributed by atoms with Crippen molar-refractivity contribution in [3.8, 4) is 0 Å². The Kier molecular flexibility index (Phi) is 3.98. The summed E-state index contributed by atoms with van der Waals surface area (Å²) in [5, 5.41) is 7.04. The first kappa shape index (κ1) is 12.2. The van der Waals surface area contributed by atoms with Crippen LogP contribution in [0.2, 0.25) is 0 Å². The molecule has 0 amide bonds. The minimum absolute atomic E-state index is 0.204. The van der Waals surface area contributed by atoms with E-state index in [2.05, 4.69) is 20.4 Å². The summed E-state index contributed by atoms with van der Waals surface area (Å²) in [6, 6.07) is 3.20. The highest BCUT2D eigenvalue weighted by molar-refractivity contribution is 5.38. The van der Waals surface area contributed by atoms with Crippen LogP contribution in [0, 0.1) is 0 Å². The van der Waals surface area contributed by atoms with Gasteiger partial charge < -0.3 is 11.1 Å². The third-order valence-electron chi connectivity index (χ3n) is 2.25. The quantitative estimate of drug-likeness (QED) is 0.734. The molecule has 0 saturated heterocycles. The topological polar surface area (TPSA) is 98.7 Å². The monoisotopic (exact) mass is 246 g/mol. The van der Waals surface area contributed by atoms with E-state index in [0.29, 0.717) is 24.6 Å². The van der Waals surface area contributed by atoms with Gasteiger partial charge in [-0.25, -0.2) is 14.6 Å². The molecule has 18 heavy (non-hydrogen) atoms. The molecule has 2 aromatic rings. The molecule has 3 N–H and O–H groups in total. The van der Waals surface area contributed by atoms with Gasteiger partial charge in [0.2, 0.25) is 0 Å². The fourth-order valence-corrected chi connectivity index (χ4v) is 1.41. The summed E-state index contributed by atoms with van der Waals surface area (Å²) >= 11 is 0. The minimum Gasteiger partial charge on any atom is -0.382 e. The van der Waals surface area contributed by atoms with E-state index in [1.807, 2.05) is 0 Å². The smallest absolute Gasteiger partial charge is 0.269 e. The van der Waals surface area contributed by atoms with Crippen LogP contribution in [0.25, 0.3) is 0 Å². The first-order valence-corrected chi connectivity index (χ1v) is 5.56. The Morgan fingerprint density at radius 1 is 1.33 bits per heavy atom. The fraction of sp³-hybridized carbons (Fsp3) is 0.273. The van der Waals surface area contributed by atoms with Crippen LogP contribution in [0.5, 0.6) is 0 Å². The zero-order valence-corrected chi connectivity index (χ0v) is 9.78. The Hall–Kier alpha value is -2.28. The Bertz CT molecular complexity index is 553. The highest BCUT2D eigenvalue weighted by atomic mass is 16.1. The Labute approximate surface area is 104 Å². The molecule has 0 aliphatic heterocycles. The minimum atomic E-state index is -0.204. The van der Waals surface area contributed by atoms with Gasteiger partial charge in [0, 0.05) is 31.5 Å². The Balaban J connectivity index is 2.13. The molecule has 2 aromatic heterocycles. The summed E-state index contributed by atoms with van der Waals surface area (Å²) in [6.45, 7) is 1.37. The van der Waals surface area contributed by atoms with Crippen molar-refractivity contribution in [3.05, 3.63) is 46.9 Å². The zero-order valence-electron chi connectivity index (χ0n) is 9.78. The molecule has 0 unspecified atom stereocenters. The number of anilines is 1. The van der Waals surface area contributed by atoms with E-state index in [1.165, 1.54) is 10.7 Å². The summed E-state index contributed by atoms with van der Waals surface area (Å²) in [5.74, 6) is 0.551. The molecule has 0 spiro atoms. The number of nitrogens with zero attached hydrogens (tertiary/aromatic N) is 4. The van der Waals surface area contributed by atoms with E-state index in [9.17, 15) is 4.79 Å². The molecule has 0 saturated carbocycles. The van der Waals surface area contributed by atoms with Crippen LogP contribution in [0.3, 0.4) is 0 Å². The first-order valence-electron chi connectivity index (χ1n) is 5.56. The molecule has 0 fully saturated rings. The first-order chi connectivity index (χ1) is 8.79. The van der Waals surface area contributed by atoms with Crippen LogP contribution in [-0.4, -0.2) is 32.8 Å². The molecule has 7 nitrogen and oxygen atoms in total. The van der Waals surface area contributed by atoms with Crippen LogP contribution in [0.1, 0.15) is 5.82 Å². The molecule has 94 valence electrons. The Morgan fingerprint density at radius 3 is 2.78 bits per heavy atom. The third-order valence-corrected chi connectivity index (χ3v) is 2.25. The number of hydrogen-bond donors (Lipinski definition) is 2. The standard InChI is InChI=1S/C11H14N6O/c12-2-5-13-9-6-11(18)17(16-7-9)8-10-14-3-1-4-15-10/h1,3-4,6-7,13H,2,5,8,12H2. The van der Waals surface area contributed by atoms with Crippen LogP contribution in [-0.2, 0) is 6.54 Å². The van der Waals surface area contributed by atoms with E-state index in [1.54, 1.807) is 24.7 Å². The molecule has 0 aromatic carbocycles. The van der Waals surface area contributed by atoms with E-state index in [4.69, 9.17) is 5.73 Å². The SMILES string of the molecule is NCCNc1cnn(Cc2ncccn2)c(=O)c1. The summed E-state index contributed by atoms with van der Waals surface area (Å²) in [7, 11) is 0. The Morgan fingerprint density at radius 2 is 2.11 bits per heavy atom. The van der Waals surface area contributed by atoms with E-state index in [-0.39, 0.29) is 12.1 Å². The second-order valence-electron chi connectivity index (χ2n) is 3.62. The lowest BCUT2D eigenvalue weighted by Gasteiger charge is -2.06. The zero-order chi connectivity index (χ0) is 12.8. The molecule has 2 heterocycles. The maximum absolute atomic E-state index is 11.8. The van der Waals surface area contributed by atoms with E-state index >= 15 is 0 Å². The molecule has 0 atom stereocenters.